The van der Waals surface area contributed by atoms with Crippen molar-refractivity contribution in [3.05, 3.63) is 54.1 Å². The highest BCUT2D eigenvalue weighted by Crippen LogP contribution is 2.27. The van der Waals surface area contributed by atoms with Crippen LogP contribution in [-0.2, 0) is 4.79 Å². The highest BCUT2D eigenvalue weighted by Gasteiger charge is 2.30. The Morgan fingerprint density at radius 2 is 1.85 bits per heavy atom. The van der Waals surface area contributed by atoms with Crippen LogP contribution in [0.15, 0.2) is 48.5 Å². The second-order valence-corrected chi connectivity index (χ2v) is 6.69. The summed E-state index contributed by atoms with van der Waals surface area (Å²) in [5.74, 6) is 0.818. The van der Waals surface area contributed by atoms with E-state index in [4.69, 9.17) is 4.74 Å². The minimum absolute atomic E-state index is 0.0570. The minimum atomic E-state index is -0.184. The minimum Gasteiger partial charge on any atom is -0.495 e. The van der Waals surface area contributed by atoms with Crippen LogP contribution in [0.2, 0.25) is 0 Å². The molecule has 0 radical (unpaired) electrons. The van der Waals surface area contributed by atoms with Crippen molar-refractivity contribution in [3.63, 3.8) is 0 Å². The van der Waals surface area contributed by atoms with Gasteiger partial charge < -0.3 is 19.9 Å². The van der Waals surface area contributed by atoms with E-state index in [0.717, 1.165) is 37.6 Å². The van der Waals surface area contributed by atoms with Crippen LogP contribution in [0.25, 0.3) is 0 Å². The van der Waals surface area contributed by atoms with Crippen molar-refractivity contribution in [3.8, 4) is 11.8 Å². The van der Waals surface area contributed by atoms with Crippen LogP contribution in [0.4, 0.5) is 11.4 Å². The largest absolute Gasteiger partial charge is 0.495 e. The molecule has 3 rings (SSSR count). The third-order valence-electron chi connectivity index (χ3n) is 5.14. The van der Waals surface area contributed by atoms with Gasteiger partial charge in [0.1, 0.15) is 11.8 Å². The number of rotatable bonds is 5. The second-order valence-electron chi connectivity index (χ2n) is 6.69. The summed E-state index contributed by atoms with van der Waals surface area (Å²) in [6.45, 7) is 5.40. The molecular weight excluding hydrogens is 340 g/mol. The van der Waals surface area contributed by atoms with E-state index < -0.39 is 0 Å². The van der Waals surface area contributed by atoms with Crippen molar-refractivity contribution in [1.29, 1.82) is 5.26 Å². The van der Waals surface area contributed by atoms with Crippen molar-refractivity contribution >= 4 is 17.3 Å². The lowest BCUT2D eigenvalue weighted by molar-refractivity contribution is -0.914. The Morgan fingerprint density at radius 3 is 2.56 bits per heavy atom. The predicted octanol–water partition coefficient (Wildman–Crippen LogP) is 1.30. The quantitative estimate of drug-likeness (QED) is 0.838. The van der Waals surface area contributed by atoms with Crippen molar-refractivity contribution in [2.45, 2.75) is 13.0 Å². The molecular formula is C21H25N4O2+. The number of nitrogens with zero attached hydrogens (tertiary/aromatic N) is 2. The molecule has 1 heterocycles. The first-order chi connectivity index (χ1) is 13.1. The number of nitrogens with one attached hydrogen (secondary N) is 2. The van der Waals surface area contributed by atoms with Gasteiger partial charge in [-0.25, -0.2) is 0 Å². The first-order valence-electron chi connectivity index (χ1n) is 9.16. The van der Waals surface area contributed by atoms with Gasteiger partial charge in [0.05, 0.1) is 50.2 Å². The van der Waals surface area contributed by atoms with E-state index in [9.17, 15) is 10.1 Å². The Bertz CT molecular complexity index is 838. The van der Waals surface area contributed by atoms with E-state index in [1.807, 2.05) is 31.2 Å². The van der Waals surface area contributed by atoms with Crippen LogP contribution in [0.5, 0.6) is 5.75 Å². The van der Waals surface area contributed by atoms with Gasteiger partial charge in [-0.05, 0) is 31.2 Å². The molecule has 1 fully saturated rings. The molecule has 1 atom stereocenters. The maximum Gasteiger partial charge on any atom is 0.282 e. The summed E-state index contributed by atoms with van der Waals surface area (Å²) in [7, 11) is 1.69. The van der Waals surface area contributed by atoms with Crippen LogP contribution >= 0.6 is 0 Å². The third-order valence-corrected chi connectivity index (χ3v) is 5.14. The molecule has 0 saturated carbocycles. The van der Waals surface area contributed by atoms with Crippen LogP contribution in [0, 0.1) is 11.3 Å². The zero-order valence-corrected chi connectivity index (χ0v) is 15.7. The molecule has 0 bridgehead atoms. The zero-order chi connectivity index (χ0) is 19.2. The van der Waals surface area contributed by atoms with Crippen molar-refractivity contribution in [2.75, 3.05) is 43.5 Å². The number of methoxy groups -OCH3 is 1. The fourth-order valence-electron chi connectivity index (χ4n) is 3.47. The highest BCUT2D eigenvalue weighted by atomic mass is 16.5. The third kappa shape index (κ3) is 4.21. The number of piperazine rings is 1. The number of hydrogen-bond acceptors (Lipinski definition) is 4. The summed E-state index contributed by atoms with van der Waals surface area (Å²) in [4.78, 5) is 16.2. The Hall–Kier alpha value is -3.04. The summed E-state index contributed by atoms with van der Waals surface area (Å²) in [6.07, 6.45) is 0. The van der Waals surface area contributed by atoms with E-state index in [1.165, 1.54) is 4.90 Å². The molecule has 1 saturated heterocycles. The molecule has 1 aliphatic heterocycles. The normalized spacial score (nSPS) is 15.7. The smallest absolute Gasteiger partial charge is 0.282 e. The Balaban J connectivity index is 1.60. The molecule has 0 aliphatic carbocycles. The molecule has 6 nitrogen and oxygen atoms in total. The average molecular weight is 365 g/mol. The van der Waals surface area contributed by atoms with Gasteiger partial charge in [-0.3, -0.25) is 4.79 Å². The Morgan fingerprint density at radius 1 is 1.19 bits per heavy atom. The fourth-order valence-corrected chi connectivity index (χ4v) is 3.47. The van der Waals surface area contributed by atoms with Gasteiger partial charge in [-0.15, -0.1) is 0 Å². The number of carbonyl (C=O) groups is 1. The summed E-state index contributed by atoms with van der Waals surface area (Å²) in [6, 6.07) is 17.0. The number of ether oxygens (including phenoxy) is 1. The van der Waals surface area contributed by atoms with E-state index in [-0.39, 0.29) is 11.9 Å². The molecule has 0 spiro atoms. The number of nitriles is 1. The van der Waals surface area contributed by atoms with Gasteiger partial charge in [0.2, 0.25) is 0 Å². The van der Waals surface area contributed by atoms with Crippen LogP contribution in [0.1, 0.15) is 12.5 Å². The average Bonchev–Trinajstić information content (AvgIpc) is 2.73. The molecule has 1 aliphatic rings. The van der Waals surface area contributed by atoms with Gasteiger partial charge in [0.15, 0.2) is 6.04 Å². The van der Waals surface area contributed by atoms with E-state index in [2.05, 4.69) is 22.4 Å². The molecule has 0 aromatic heterocycles. The summed E-state index contributed by atoms with van der Waals surface area (Å²) < 4.78 is 5.46. The number of hydrogen-bond donors (Lipinski definition) is 2. The fraction of sp³-hybridized carbons (Fsp3) is 0.333. The SMILES string of the molecule is COc1ccccc1N1CC[NH+]([C@@H](C)C(=O)Nc2ccccc2C#N)CC1. The summed E-state index contributed by atoms with van der Waals surface area (Å²) in [5, 5.41) is 12.1. The molecule has 2 N–H and O–H groups in total. The van der Waals surface area contributed by atoms with Gasteiger partial charge in [-0.2, -0.15) is 5.26 Å². The van der Waals surface area contributed by atoms with Crippen LogP contribution in [-0.4, -0.2) is 45.2 Å². The van der Waals surface area contributed by atoms with E-state index >= 15 is 0 Å². The summed E-state index contributed by atoms with van der Waals surface area (Å²) >= 11 is 0. The lowest BCUT2D eigenvalue weighted by Gasteiger charge is -2.36. The predicted molar refractivity (Wildman–Crippen MR) is 105 cm³/mol. The molecule has 2 aromatic rings. The molecule has 2 aromatic carbocycles. The zero-order valence-electron chi connectivity index (χ0n) is 15.7. The molecule has 140 valence electrons. The second kappa shape index (κ2) is 8.56. The van der Waals surface area contributed by atoms with Crippen molar-refractivity contribution < 1.29 is 14.4 Å². The van der Waals surface area contributed by atoms with Gasteiger partial charge in [0.25, 0.3) is 5.91 Å². The molecule has 0 unspecified atom stereocenters. The lowest BCUT2D eigenvalue weighted by Crippen LogP contribution is -3.19. The number of anilines is 2. The molecule has 1 amide bonds. The maximum atomic E-state index is 12.7. The monoisotopic (exact) mass is 365 g/mol. The van der Waals surface area contributed by atoms with Gasteiger partial charge in [-0.1, -0.05) is 24.3 Å². The number of benzene rings is 2. The van der Waals surface area contributed by atoms with Crippen LogP contribution < -0.4 is 19.9 Å². The first kappa shape index (κ1) is 18.7. The van der Waals surface area contributed by atoms with Crippen molar-refractivity contribution in [1.82, 2.24) is 0 Å². The van der Waals surface area contributed by atoms with E-state index in [0.29, 0.717) is 11.3 Å². The summed E-state index contributed by atoms with van der Waals surface area (Å²) in [5.41, 5.74) is 2.15. The Kier molecular flexibility index (Phi) is 5.94. The topological polar surface area (TPSA) is 69.8 Å². The van der Waals surface area contributed by atoms with E-state index in [1.54, 1.807) is 25.3 Å². The lowest BCUT2D eigenvalue weighted by atomic mass is 10.1. The molecule has 27 heavy (non-hydrogen) atoms. The number of quaternary nitrogens is 1. The van der Waals surface area contributed by atoms with Gasteiger partial charge in [0, 0.05) is 0 Å². The maximum absolute atomic E-state index is 12.7. The number of carbonyl (C=O) groups excluding carboxylic acids is 1. The Labute approximate surface area is 160 Å². The van der Waals surface area contributed by atoms with Gasteiger partial charge >= 0.3 is 0 Å². The number of para-hydroxylation sites is 3. The first-order valence-corrected chi connectivity index (χ1v) is 9.16. The molecule has 6 heteroatoms. The highest BCUT2D eigenvalue weighted by molar-refractivity contribution is 5.94. The number of amides is 1. The standard InChI is InChI=1S/C21H24N4O2/c1-16(21(26)23-18-8-4-3-7-17(18)15-22)24-11-13-25(14-12-24)19-9-5-6-10-20(19)27-2/h3-10,16H,11-14H2,1-2H3,(H,23,26)/p+1/t16-/m0/s1. The van der Waals surface area contributed by atoms with Crippen molar-refractivity contribution in [2.24, 2.45) is 0 Å². The van der Waals surface area contributed by atoms with Crippen LogP contribution in [0.3, 0.4) is 0 Å².